The van der Waals surface area contributed by atoms with E-state index in [1.165, 1.54) is 15.3 Å². The molecule has 0 fully saturated rings. The first-order valence-electron chi connectivity index (χ1n) is 5.65. The minimum absolute atomic E-state index is 0. The molecule has 1 aromatic rings. The van der Waals surface area contributed by atoms with Crippen LogP contribution in [-0.2, 0) is 0 Å². The summed E-state index contributed by atoms with van der Waals surface area (Å²) in [6, 6.07) is 2.45. The molecule has 0 saturated carbocycles. The normalized spacial score (nSPS) is 18.6. The summed E-state index contributed by atoms with van der Waals surface area (Å²) in [6.45, 7) is 8.65. The Morgan fingerprint density at radius 1 is 1.35 bits per heavy atom. The van der Waals surface area contributed by atoms with Gasteiger partial charge in [-0.15, -0.1) is 23.7 Å². The number of hydrogen-bond acceptors (Lipinski definition) is 3. The van der Waals surface area contributed by atoms with E-state index in [-0.39, 0.29) is 18.4 Å². The molecule has 0 amide bonds. The van der Waals surface area contributed by atoms with E-state index in [9.17, 15) is 0 Å². The van der Waals surface area contributed by atoms with Crippen LogP contribution in [0.3, 0.4) is 0 Å². The highest BCUT2D eigenvalue weighted by Gasteiger charge is 2.17. The van der Waals surface area contributed by atoms with Crippen LogP contribution in [0.2, 0.25) is 0 Å². The molecule has 2 heterocycles. The molecule has 1 aliphatic heterocycles. The van der Waals surface area contributed by atoms with Crippen LogP contribution in [0, 0.1) is 19.8 Å². The zero-order chi connectivity index (χ0) is 11.7. The summed E-state index contributed by atoms with van der Waals surface area (Å²) in [5.41, 5.74) is 1.35. The molecule has 1 unspecified atom stereocenters. The van der Waals surface area contributed by atoms with Crippen molar-refractivity contribution < 1.29 is 0 Å². The first-order chi connectivity index (χ1) is 7.58. The van der Waals surface area contributed by atoms with Crippen molar-refractivity contribution in [2.24, 2.45) is 10.9 Å². The number of nitrogens with one attached hydrogen (secondary N) is 1. The van der Waals surface area contributed by atoms with E-state index in [0.717, 1.165) is 5.84 Å². The average Bonchev–Trinajstić information content (AvgIpc) is 2.58. The lowest BCUT2D eigenvalue weighted by molar-refractivity contribution is 0.782. The van der Waals surface area contributed by atoms with Gasteiger partial charge >= 0.3 is 0 Å². The summed E-state index contributed by atoms with van der Waals surface area (Å²) in [4.78, 5) is 7.49. The Labute approximate surface area is 113 Å². The van der Waals surface area contributed by atoms with Crippen molar-refractivity contribution in [3.63, 3.8) is 0 Å². The van der Waals surface area contributed by atoms with E-state index in [4.69, 9.17) is 4.99 Å². The van der Waals surface area contributed by atoms with E-state index in [1.807, 2.05) is 17.5 Å². The van der Waals surface area contributed by atoms with Crippen LogP contribution in [0.15, 0.2) is 23.3 Å². The van der Waals surface area contributed by atoms with Crippen LogP contribution in [0.5, 0.6) is 0 Å². The number of aryl methyl sites for hydroxylation is 2. The van der Waals surface area contributed by atoms with E-state index < -0.39 is 0 Å². The molecule has 0 aromatic carbocycles. The molecule has 94 valence electrons. The zero-order valence-corrected chi connectivity index (χ0v) is 12.3. The summed E-state index contributed by atoms with van der Waals surface area (Å²) in [7, 11) is 0. The first-order valence-corrected chi connectivity index (χ1v) is 6.47. The molecule has 1 atom stereocenters. The van der Waals surface area contributed by atoms with Gasteiger partial charge in [0.05, 0.1) is 6.04 Å². The van der Waals surface area contributed by atoms with Gasteiger partial charge < -0.3 is 5.32 Å². The lowest BCUT2D eigenvalue weighted by atomic mass is 10.1. The van der Waals surface area contributed by atoms with Gasteiger partial charge in [0.1, 0.15) is 5.84 Å². The largest absolute Gasteiger partial charge is 0.350 e. The van der Waals surface area contributed by atoms with Gasteiger partial charge in [-0.2, -0.15) is 0 Å². The van der Waals surface area contributed by atoms with Gasteiger partial charge in [-0.3, -0.25) is 4.99 Å². The Balaban J connectivity index is 0.00000144. The molecule has 1 N–H and O–H groups in total. The second kappa shape index (κ2) is 5.69. The monoisotopic (exact) mass is 270 g/mol. The standard InChI is InChI=1S/C13H18N2S.ClH/c1-8(2)13-14-6-5-12(15-13)11-7-9(3)16-10(11)4;/h5-8,12H,1-4H3,(H,14,15);1H. The number of amidine groups is 1. The predicted molar refractivity (Wildman–Crippen MR) is 78.3 cm³/mol. The van der Waals surface area contributed by atoms with Crippen molar-refractivity contribution in [1.82, 2.24) is 5.32 Å². The van der Waals surface area contributed by atoms with Crippen LogP contribution in [0.1, 0.15) is 35.2 Å². The third-order valence-corrected chi connectivity index (χ3v) is 3.71. The minimum atomic E-state index is 0. The number of aliphatic imine (C=N–C) groups is 1. The lowest BCUT2D eigenvalue weighted by Crippen LogP contribution is -2.26. The van der Waals surface area contributed by atoms with Crippen LogP contribution in [0.4, 0.5) is 0 Å². The lowest BCUT2D eigenvalue weighted by Gasteiger charge is -2.19. The third kappa shape index (κ3) is 3.11. The van der Waals surface area contributed by atoms with Crippen LogP contribution >= 0.6 is 23.7 Å². The van der Waals surface area contributed by atoms with Gasteiger partial charge in [0, 0.05) is 21.9 Å². The van der Waals surface area contributed by atoms with Crippen LogP contribution in [0.25, 0.3) is 0 Å². The highest BCUT2D eigenvalue weighted by molar-refractivity contribution is 7.12. The van der Waals surface area contributed by atoms with Crippen molar-refractivity contribution >= 4 is 29.6 Å². The molecule has 0 bridgehead atoms. The highest BCUT2D eigenvalue weighted by atomic mass is 35.5. The van der Waals surface area contributed by atoms with Gasteiger partial charge in [-0.05, 0) is 31.6 Å². The number of halogens is 1. The molecule has 4 heteroatoms. The van der Waals surface area contributed by atoms with E-state index in [1.54, 1.807) is 0 Å². The van der Waals surface area contributed by atoms with E-state index >= 15 is 0 Å². The SMILES string of the molecule is Cc1cc(C2C=CNC(C(C)C)=N2)c(C)s1.Cl. The van der Waals surface area contributed by atoms with Gasteiger partial charge in [-0.25, -0.2) is 0 Å². The Bertz CT molecular complexity index is 446. The van der Waals surface area contributed by atoms with E-state index in [0.29, 0.717) is 5.92 Å². The van der Waals surface area contributed by atoms with Gasteiger partial charge in [0.15, 0.2) is 0 Å². The second-order valence-corrected chi connectivity index (χ2v) is 5.95. The summed E-state index contributed by atoms with van der Waals surface area (Å²) in [5.74, 6) is 1.53. The van der Waals surface area contributed by atoms with Crippen LogP contribution < -0.4 is 5.32 Å². The molecule has 0 radical (unpaired) electrons. The van der Waals surface area contributed by atoms with Gasteiger partial charge in [0.25, 0.3) is 0 Å². The Morgan fingerprint density at radius 2 is 2.06 bits per heavy atom. The fourth-order valence-electron chi connectivity index (χ4n) is 1.89. The van der Waals surface area contributed by atoms with Crippen molar-refractivity contribution in [1.29, 1.82) is 0 Å². The molecule has 1 aromatic heterocycles. The quantitative estimate of drug-likeness (QED) is 0.863. The minimum Gasteiger partial charge on any atom is -0.350 e. The number of rotatable bonds is 2. The summed E-state index contributed by atoms with van der Waals surface area (Å²) >= 11 is 1.85. The molecule has 0 spiro atoms. The maximum absolute atomic E-state index is 4.75. The molecule has 2 rings (SSSR count). The maximum Gasteiger partial charge on any atom is 0.104 e. The average molecular weight is 271 g/mol. The molecular weight excluding hydrogens is 252 g/mol. The second-order valence-electron chi connectivity index (χ2n) is 4.49. The third-order valence-electron chi connectivity index (χ3n) is 2.73. The number of hydrogen-bond donors (Lipinski definition) is 1. The Hall–Kier alpha value is -0.800. The Kier molecular flexibility index (Phi) is 4.78. The summed E-state index contributed by atoms with van der Waals surface area (Å²) in [5, 5.41) is 3.22. The number of nitrogens with zero attached hydrogens (tertiary/aromatic N) is 1. The molecule has 2 nitrogen and oxygen atoms in total. The highest BCUT2D eigenvalue weighted by Crippen LogP contribution is 2.30. The fraction of sp³-hybridized carbons (Fsp3) is 0.462. The van der Waals surface area contributed by atoms with E-state index in [2.05, 4.69) is 45.2 Å². The molecule has 0 saturated heterocycles. The maximum atomic E-state index is 4.75. The molecule has 0 aliphatic carbocycles. The Morgan fingerprint density at radius 3 is 2.59 bits per heavy atom. The molecular formula is C13H19ClN2S. The van der Waals surface area contributed by atoms with Gasteiger partial charge in [-0.1, -0.05) is 13.8 Å². The number of thiophene rings is 1. The van der Waals surface area contributed by atoms with Crippen LogP contribution in [-0.4, -0.2) is 5.84 Å². The smallest absolute Gasteiger partial charge is 0.104 e. The van der Waals surface area contributed by atoms with Crippen molar-refractivity contribution in [3.05, 3.63) is 33.7 Å². The topological polar surface area (TPSA) is 24.4 Å². The van der Waals surface area contributed by atoms with Crippen molar-refractivity contribution in [3.8, 4) is 0 Å². The predicted octanol–water partition coefficient (Wildman–Crippen LogP) is 4.00. The summed E-state index contributed by atoms with van der Waals surface area (Å²) < 4.78 is 0. The zero-order valence-electron chi connectivity index (χ0n) is 10.7. The van der Waals surface area contributed by atoms with Crippen molar-refractivity contribution in [2.45, 2.75) is 33.7 Å². The molecule has 1 aliphatic rings. The fourth-order valence-corrected chi connectivity index (χ4v) is 2.85. The van der Waals surface area contributed by atoms with Gasteiger partial charge in [0.2, 0.25) is 0 Å². The summed E-state index contributed by atoms with van der Waals surface area (Å²) in [6.07, 6.45) is 4.14. The first kappa shape index (κ1) is 14.3. The van der Waals surface area contributed by atoms with Crippen molar-refractivity contribution in [2.75, 3.05) is 0 Å². The molecule has 17 heavy (non-hydrogen) atoms.